The summed E-state index contributed by atoms with van der Waals surface area (Å²) in [6, 6.07) is 0. The third-order valence-corrected chi connectivity index (χ3v) is 3.82. The van der Waals surface area contributed by atoms with E-state index in [1.807, 2.05) is 6.92 Å². The Kier molecular flexibility index (Phi) is 5.29. The summed E-state index contributed by atoms with van der Waals surface area (Å²) in [6.07, 6.45) is 1.73. The lowest BCUT2D eigenvalue weighted by atomic mass is 9.76. The molecule has 1 rings (SSSR count). The molecule has 0 amide bonds. The molecule has 0 saturated carbocycles. The minimum absolute atomic E-state index is 0.0286. The molecule has 0 saturated heterocycles. The molecule has 4 N–H and O–H groups in total. The number of aromatic nitrogens is 1. The topological polar surface area (TPSA) is 114 Å². The quantitative estimate of drug-likeness (QED) is 0.674. The molecule has 6 nitrogen and oxygen atoms in total. The van der Waals surface area contributed by atoms with E-state index in [1.54, 1.807) is 5.38 Å². The number of carboxylic acids is 2. The van der Waals surface area contributed by atoms with Gasteiger partial charge in [-0.1, -0.05) is 19.8 Å². The SMILES string of the molecule is CCCCC(CCC(=O)O)(C(=O)O)c1csc(N)n1. The van der Waals surface area contributed by atoms with Crippen LogP contribution >= 0.6 is 11.3 Å². The van der Waals surface area contributed by atoms with Gasteiger partial charge >= 0.3 is 11.9 Å². The number of nitrogens with zero attached hydrogens (tertiary/aromatic N) is 1. The molecule has 1 unspecified atom stereocenters. The van der Waals surface area contributed by atoms with Crippen LogP contribution in [0.25, 0.3) is 0 Å². The molecule has 0 aliphatic heterocycles. The van der Waals surface area contributed by atoms with Gasteiger partial charge in [-0.05, 0) is 12.8 Å². The van der Waals surface area contributed by atoms with Crippen molar-refractivity contribution in [1.82, 2.24) is 4.98 Å². The van der Waals surface area contributed by atoms with E-state index in [0.29, 0.717) is 23.7 Å². The van der Waals surface area contributed by atoms with Gasteiger partial charge in [-0.3, -0.25) is 9.59 Å². The number of thiazole rings is 1. The van der Waals surface area contributed by atoms with Gasteiger partial charge < -0.3 is 15.9 Å². The van der Waals surface area contributed by atoms with Crippen LogP contribution in [-0.4, -0.2) is 27.1 Å². The lowest BCUT2D eigenvalue weighted by Crippen LogP contribution is -2.37. The number of carbonyl (C=O) groups is 2. The van der Waals surface area contributed by atoms with Crippen molar-refractivity contribution in [2.75, 3.05) is 5.73 Å². The molecule has 0 fully saturated rings. The van der Waals surface area contributed by atoms with E-state index in [1.165, 1.54) is 11.3 Å². The van der Waals surface area contributed by atoms with E-state index in [9.17, 15) is 14.7 Å². The molecule has 1 heterocycles. The van der Waals surface area contributed by atoms with Crippen molar-refractivity contribution in [2.45, 2.75) is 44.4 Å². The Morgan fingerprint density at radius 1 is 1.42 bits per heavy atom. The zero-order valence-electron chi connectivity index (χ0n) is 10.8. The van der Waals surface area contributed by atoms with Crippen LogP contribution in [0.1, 0.15) is 44.7 Å². The molecule has 1 atom stereocenters. The van der Waals surface area contributed by atoms with Gasteiger partial charge in [-0.25, -0.2) is 4.98 Å². The molecule has 0 radical (unpaired) electrons. The van der Waals surface area contributed by atoms with Crippen LogP contribution in [0, 0.1) is 0 Å². The second-order valence-electron chi connectivity index (χ2n) is 4.46. The average molecular weight is 286 g/mol. The minimum atomic E-state index is -1.25. The molecule has 0 aromatic carbocycles. The lowest BCUT2D eigenvalue weighted by Gasteiger charge is -2.27. The number of carboxylic acid groups (broad SMARTS) is 2. The molecule has 106 valence electrons. The van der Waals surface area contributed by atoms with Crippen LogP contribution in [0.4, 0.5) is 5.13 Å². The summed E-state index contributed by atoms with van der Waals surface area (Å²) in [5.41, 5.74) is 4.68. The van der Waals surface area contributed by atoms with Crippen molar-refractivity contribution in [2.24, 2.45) is 0 Å². The van der Waals surface area contributed by atoms with Gasteiger partial charge in [-0.15, -0.1) is 11.3 Å². The predicted octanol–water partition coefficient (Wildman–Crippen LogP) is 2.10. The normalized spacial score (nSPS) is 13.9. The number of aliphatic carboxylic acids is 2. The summed E-state index contributed by atoms with van der Waals surface area (Å²) in [6.45, 7) is 1.96. The molecule has 19 heavy (non-hydrogen) atoms. The van der Waals surface area contributed by atoms with Crippen LogP contribution in [0.3, 0.4) is 0 Å². The van der Waals surface area contributed by atoms with Gasteiger partial charge in [0.05, 0.1) is 5.69 Å². The van der Waals surface area contributed by atoms with Crippen LogP contribution in [0.2, 0.25) is 0 Å². The van der Waals surface area contributed by atoms with Gasteiger partial charge in [0.25, 0.3) is 0 Å². The number of nitrogen functional groups attached to an aromatic ring is 1. The van der Waals surface area contributed by atoms with E-state index in [4.69, 9.17) is 10.8 Å². The third kappa shape index (κ3) is 3.66. The van der Waals surface area contributed by atoms with Gasteiger partial charge in [0.2, 0.25) is 0 Å². The summed E-state index contributed by atoms with van der Waals surface area (Å²) in [5, 5.41) is 20.3. The molecule has 7 heteroatoms. The molecule has 0 aliphatic carbocycles. The Bertz CT molecular complexity index is 460. The molecule has 0 spiro atoms. The van der Waals surface area contributed by atoms with E-state index in [-0.39, 0.29) is 12.8 Å². The van der Waals surface area contributed by atoms with E-state index in [0.717, 1.165) is 6.42 Å². The summed E-state index contributed by atoms with van der Waals surface area (Å²) < 4.78 is 0. The number of hydrogen-bond donors (Lipinski definition) is 3. The smallest absolute Gasteiger partial charge is 0.315 e. The maximum atomic E-state index is 11.7. The van der Waals surface area contributed by atoms with Crippen molar-refractivity contribution >= 4 is 28.4 Å². The van der Waals surface area contributed by atoms with Crippen LogP contribution < -0.4 is 5.73 Å². The van der Waals surface area contributed by atoms with E-state index in [2.05, 4.69) is 4.98 Å². The molecular weight excluding hydrogens is 268 g/mol. The third-order valence-electron chi connectivity index (χ3n) is 3.14. The zero-order valence-corrected chi connectivity index (χ0v) is 11.6. The zero-order chi connectivity index (χ0) is 14.5. The maximum absolute atomic E-state index is 11.7. The standard InChI is InChI=1S/C12H18N2O4S/c1-2-3-5-12(10(17)18,6-4-9(15)16)8-7-19-11(13)14-8/h7H,2-6H2,1H3,(H2,13,14)(H,15,16)(H,17,18). The highest BCUT2D eigenvalue weighted by Crippen LogP contribution is 2.36. The summed E-state index contributed by atoms with van der Waals surface area (Å²) in [5.74, 6) is -2.04. The number of rotatable bonds is 8. The fraction of sp³-hybridized carbons (Fsp3) is 0.583. The summed E-state index contributed by atoms with van der Waals surface area (Å²) >= 11 is 1.17. The van der Waals surface area contributed by atoms with Crippen molar-refractivity contribution in [1.29, 1.82) is 0 Å². The van der Waals surface area contributed by atoms with Crippen molar-refractivity contribution < 1.29 is 19.8 Å². The summed E-state index contributed by atoms with van der Waals surface area (Å²) in [4.78, 5) is 26.5. The van der Waals surface area contributed by atoms with Gasteiger partial charge in [-0.2, -0.15) is 0 Å². The Hall–Kier alpha value is -1.63. The predicted molar refractivity (Wildman–Crippen MR) is 72.2 cm³/mol. The second kappa shape index (κ2) is 6.51. The Balaban J connectivity index is 3.10. The highest BCUT2D eigenvalue weighted by atomic mass is 32.1. The van der Waals surface area contributed by atoms with E-state index < -0.39 is 17.4 Å². The molecule has 1 aromatic heterocycles. The fourth-order valence-electron chi connectivity index (χ4n) is 2.01. The summed E-state index contributed by atoms with van der Waals surface area (Å²) in [7, 11) is 0. The maximum Gasteiger partial charge on any atom is 0.315 e. The van der Waals surface area contributed by atoms with Gasteiger partial charge in [0.15, 0.2) is 5.13 Å². The second-order valence-corrected chi connectivity index (χ2v) is 5.35. The largest absolute Gasteiger partial charge is 0.481 e. The van der Waals surface area contributed by atoms with Crippen molar-refractivity contribution in [3.63, 3.8) is 0 Å². The number of anilines is 1. The first-order chi connectivity index (χ1) is 8.92. The molecule has 0 aliphatic rings. The highest BCUT2D eigenvalue weighted by Gasteiger charge is 2.42. The molecule has 0 bridgehead atoms. The first-order valence-electron chi connectivity index (χ1n) is 6.09. The first-order valence-corrected chi connectivity index (χ1v) is 6.97. The van der Waals surface area contributed by atoms with Crippen LogP contribution in [-0.2, 0) is 15.0 Å². The minimum Gasteiger partial charge on any atom is -0.481 e. The number of hydrogen-bond acceptors (Lipinski definition) is 5. The van der Waals surface area contributed by atoms with Gasteiger partial charge in [0, 0.05) is 11.8 Å². The molecule has 1 aromatic rings. The average Bonchev–Trinajstić information content (AvgIpc) is 2.76. The van der Waals surface area contributed by atoms with Crippen LogP contribution in [0.15, 0.2) is 5.38 Å². The van der Waals surface area contributed by atoms with Crippen LogP contribution in [0.5, 0.6) is 0 Å². The Morgan fingerprint density at radius 3 is 2.53 bits per heavy atom. The number of unbranched alkanes of at least 4 members (excludes halogenated alkanes) is 1. The van der Waals surface area contributed by atoms with E-state index >= 15 is 0 Å². The lowest BCUT2D eigenvalue weighted by molar-refractivity contribution is -0.145. The number of nitrogens with two attached hydrogens (primary N) is 1. The highest BCUT2D eigenvalue weighted by molar-refractivity contribution is 7.13. The Labute approximate surface area is 115 Å². The Morgan fingerprint density at radius 2 is 2.11 bits per heavy atom. The first kappa shape index (κ1) is 15.4. The molecular formula is C12H18N2O4S. The van der Waals surface area contributed by atoms with Gasteiger partial charge in [0.1, 0.15) is 5.41 Å². The fourth-order valence-corrected chi connectivity index (χ4v) is 2.67. The van der Waals surface area contributed by atoms with Crippen molar-refractivity contribution in [3.8, 4) is 0 Å². The van der Waals surface area contributed by atoms with Crippen molar-refractivity contribution in [3.05, 3.63) is 11.1 Å². The monoisotopic (exact) mass is 286 g/mol.